The zero-order valence-corrected chi connectivity index (χ0v) is 16.6. The van der Waals surface area contributed by atoms with Crippen LogP contribution in [0.4, 0.5) is 0 Å². The second-order valence-electron chi connectivity index (χ2n) is 6.66. The Morgan fingerprint density at radius 2 is 1.96 bits per heavy atom. The lowest BCUT2D eigenvalue weighted by atomic mass is 10.00. The van der Waals surface area contributed by atoms with Gasteiger partial charge in [0.05, 0.1) is 18.2 Å². The van der Waals surface area contributed by atoms with Crippen LogP contribution in [0.25, 0.3) is 6.08 Å². The quantitative estimate of drug-likeness (QED) is 0.610. The zero-order chi connectivity index (χ0) is 21.0. The van der Waals surface area contributed by atoms with Gasteiger partial charge in [-0.05, 0) is 26.3 Å². The van der Waals surface area contributed by atoms with Crippen molar-refractivity contribution in [1.82, 2.24) is 0 Å². The number of methoxy groups -OCH3 is 1. The fourth-order valence-electron chi connectivity index (χ4n) is 2.93. The van der Waals surface area contributed by atoms with Crippen LogP contribution in [-0.4, -0.2) is 52.5 Å². The van der Waals surface area contributed by atoms with Gasteiger partial charge in [-0.25, -0.2) is 4.79 Å². The number of halogens is 1. The summed E-state index contributed by atoms with van der Waals surface area (Å²) in [5, 5.41) is 30.5. The van der Waals surface area contributed by atoms with Crippen molar-refractivity contribution in [1.29, 1.82) is 0 Å². The van der Waals surface area contributed by atoms with Crippen molar-refractivity contribution in [2.24, 2.45) is 0 Å². The number of ether oxygens (including phenoxy) is 2. The number of aliphatic hydroxyl groups is 2. The number of esters is 1. The number of carbonyl (C=O) groups excluding carboxylic acids is 2. The Hall–Kier alpha value is -2.35. The molecule has 1 aliphatic rings. The predicted molar refractivity (Wildman–Crippen MR) is 104 cm³/mol. The number of hydrogen-bond donors (Lipinski definition) is 3. The average Bonchev–Trinajstić information content (AvgIpc) is 2.61. The highest BCUT2D eigenvalue weighted by atomic mass is 35.5. The molecule has 0 unspecified atom stereocenters. The summed E-state index contributed by atoms with van der Waals surface area (Å²) in [6.07, 6.45) is 0.660. The van der Waals surface area contributed by atoms with Crippen LogP contribution in [-0.2, 0) is 9.53 Å². The van der Waals surface area contributed by atoms with Gasteiger partial charge < -0.3 is 24.8 Å². The van der Waals surface area contributed by atoms with E-state index in [1.165, 1.54) is 31.4 Å². The number of phenols is 1. The second-order valence-corrected chi connectivity index (χ2v) is 7.04. The van der Waals surface area contributed by atoms with Gasteiger partial charge in [-0.3, -0.25) is 4.79 Å². The van der Waals surface area contributed by atoms with Crippen molar-refractivity contribution < 1.29 is 34.4 Å². The maximum Gasteiger partial charge on any atom is 0.342 e. The van der Waals surface area contributed by atoms with Crippen LogP contribution in [0, 0.1) is 0 Å². The monoisotopic (exact) mass is 410 g/mol. The van der Waals surface area contributed by atoms with Gasteiger partial charge in [0.1, 0.15) is 29.3 Å². The number of aliphatic hydroxyl groups excluding tert-OH is 2. The number of fused-ring (bicyclic) bond motifs is 1. The molecule has 3 N–H and O–H groups in total. The first-order chi connectivity index (χ1) is 13.1. The number of ketones is 1. The molecular formula is C20H23ClO7. The Morgan fingerprint density at radius 1 is 1.29 bits per heavy atom. The molecule has 1 heterocycles. The van der Waals surface area contributed by atoms with Gasteiger partial charge in [0, 0.05) is 18.1 Å². The van der Waals surface area contributed by atoms with E-state index >= 15 is 0 Å². The summed E-state index contributed by atoms with van der Waals surface area (Å²) in [7, 11) is 1.36. The average molecular weight is 411 g/mol. The summed E-state index contributed by atoms with van der Waals surface area (Å²) in [6.45, 7) is 3.29. The molecular weight excluding hydrogens is 388 g/mol. The number of hydrogen-bond acceptors (Lipinski definition) is 7. The molecule has 0 fully saturated rings. The minimum absolute atomic E-state index is 0.0745. The van der Waals surface area contributed by atoms with E-state index in [1.54, 1.807) is 13.8 Å². The van der Waals surface area contributed by atoms with E-state index in [2.05, 4.69) is 0 Å². The van der Waals surface area contributed by atoms with Gasteiger partial charge in [-0.15, -0.1) is 0 Å². The minimum atomic E-state index is -1.59. The summed E-state index contributed by atoms with van der Waals surface area (Å²) in [5.74, 6) is -1.63. The van der Waals surface area contributed by atoms with Gasteiger partial charge in [-0.2, -0.15) is 0 Å². The van der Waals surface area contributed by atoms with Gasteiger partial charge in [0.25, 0.3) is 0 Å². The van der Waals surface area contributed by atoms with E-state index in [4.69, 9.17) is 21.1 Å². The molecule has 3 atom stereocenters. The lowest BCUT2D eigenvalue weighted by Gasteiger charge is -2.19. The molecule has 0 aliphatic carbocycles. The Kier molecular flexibility index (Phi) is 7.23. The third-order valence-electron chi connectivity index (χ3n) is 4.29. The summed E-state index contributed by atoms with van der Waals surface area (Å²) < 4.78 is 10.5. The largest absolute Gasteiger partial charge is 0.507 e. The normalized spacial score (nSPS) is 27.1. The molecule has 1 aromatic carbocycles. The van der Waals surface area contributed by atoms with E-state index < -0.39 is 30.1 Å². The lowest BCUT2D eigenvalue weighted by Crippen LogP contribution is -2.32. The fourth-order valence-corrected chi connectivity index (χ4v) is 3.22. The van der Waals surface area contributed by atoms with Gasteiger partial charge >= 0.3 is 5.97 Å². The molecule has 2 rings (SSSR count). The Labute approximate surface area is 167 Å². The molecule has 7 nitrogen and oxygen atoms in total. The van der Waals surface area contributed by atoms with Crippen LogP contribution in [0.3, 0.4) is 0 Å². The van der Waals surface area contributed by atoms with Crippen molar-refractivity contribution in [2.45, 2.75) is 45.0 Å². The van der Waals surface area contributed by atoms with Crippen molar-refractivity contribution >= 4 is 29.4 Å². The molecule has 0 amide bonds. The summed E-state index contributed by atoms with van der Waals surface area (Å²) in [5.41, 5.74) is 0.577. The first-order valence-electron chi connectivity index (χ1n) is 8.69. The highest BCUT2D eigenvalue weighted by Crippen LogP contribution is 2.38. The Balaban J connectivity index is 2.57. The van der Waals surface area contributed by atoms with Gasteiger partial charge in [0.15, 0.2) is 5.78 Å². The van der Waals surface area contributed by atoms with E-state index in [9.17, 15) is 24.9 Å². The van der Waals surface area contributed by atoms with E-state index in [1.807, 2.05) is 0 Å². The maximum absolute atomic E-state index is 12.7. The molecule has 0 aromatic heterocycles. The highest BCUT2D eigenvalue weighted by Gasteiger charge is 2.26. The van der Waals surface area contributed by atoms with Gasteiger partial charge in [0.2, 0.25) is 0 Å². The SMILES string of the molecule is COc1cc(O)c2c(c1Cl)/C=C/C[C@H](O)[C@H](O)C(=O)/C=C(/C)C[C@H](C)OC2=O. The molecule has 8 heteroatoms. The lowest BCUT2D eigenvalue weighted by molar-refractivity contribution is -0.127. The molecule has 0 radical (unpaired) electrons. The second kappa shape index (κ2) is 9.23. The smallest absolute Gasteiger partial charge is 0.342 e. The number of cyclic esters (lactones) is 1. The molecule has 0 saturated carbocycles. The molecule has 1 aliphatic heterocycles. The van der Waals surface area contributed by atoms with Crippen LogP contribution in [0.2, 0.25) is 5.02 Å². The molecule has 1 aromatic rings. The summed E-state index contributed by atoms with van der Waals surface area (Å²) in [4.78, 5) is 24.7. The molecule has 28 heavy (non-hydrogen) atoms. The number of carbonyl (C=O) groups is 2. The van der Waals surface area contributed by atoms with E-state index in [0.29, 0.717) is 5.57 Å². The highest BCUT2D eigenvalue weighted by molar-refractivity contribution is 6.34. The van der Waals surface area contributed by atoms with Crippen LogP contribution in [0.5, 0.6) is 11.5 Å². The molecule has 0 spiro atoms. The van der Waals surface area contributed by atoms with Crippen molar-refractivity contribution in [2.75, 3.05) is 7.11 Å². The Morgan fingerprint density at radius 3 is 2.61 bits per heavy atom. The first-order valence-corrected chi connectivity index (χ1v) is 9.07. The predicted octanol–water partition coefficient (Wildman–Crippen LogP) is 2.64. The maximum atomic E-state index is 12.7. The van der Waals surface area contributed by atoms with Crippen molar-refractivity contribution in [3.8, 4) is 11.5 Å². The van der Waals surface area contributed by atoms with Crippen LogP contribution < -0.4 is 4.74 Å². The van der Waals surface area contributed by atoms with Crippen LogP contribution >= 0.6 is 11.6 Å². The topological polar surface area (TPSA) is 113 Å². The zero-order valence-electron chi connectivity index (χ0n) is 15.8. The molecule has 152 valence electrons. The summed E-state index contributed by atoms with van der Waals surface area (Å²) >= 11 is 6.29. The fraction of sp³-hybridized carbons (Fsp3) is 0.400. The molecule has 0 saturated heterocycles. The number of aromatic hydroxyl groups is 1. The van der Waals surface area contributed by atoms with Crippen molar-refractivity contribution in [3.63, 3.8) is 0 Å². The first kappa shape index (κ1) is 21.9. The van der Waals surface area contributed by atoms with E-state index in [-0.39, 0.29) is 40.5 Å². The third-order valence-corrected chi connectivity index (χ3v) is 4.68. The Bertz CT molecular complexity index is 828. The number of rotatable bonds is 1. The number of phenolic OH excluding ortho intramolecular Hbond substituents is 1. The van der Waals surface area contributed by atoms with Crippen LogP contribution in [0.1, 0.15) is 42.6 Å². The van der Waals surface area contributed by atoms with Crippen LogP contribution in [0.15, 0.2) is 23.8 Å². The van der Waals surface area contributed by atoms with E-state index in [0.717, 1.165) is 0 Å². The summed E-state index contributed by atoms with van der Waals surface area (Å²) in [6, 6.07) is 1.21. The number of benzene rings is 1. The third kappa shape index (κ3) is 4.92. The van der Waals surface area contributed by atoms with Crippen molar-refractivity contribution in [3.05, 3.63) is 39.9 Å². The molecule has 0 bridgehead atoms. The minimum Gasteiger partial charge on any atom is -0.507 e. The van der Waals surface area contributed by atoms with Gasteiger partial charge in [-0.1, -0.05) is 29.3 Å². The standard InChI is InChI=1S/C20H23ClO7/c1-10-7-11(2)28-20(26)17-12(18(21)16(27-3)9-14(17)23)5-4-6-13(22)19(25)15(24)8-10/h4-5,8-9,11,13,19,22-23,25H,6-7H2,1-3H3/b5-4+,10-8-/t11-,13-,19-/m0/s1.